The molecule has 0 aromatic carbocycles. The van der Waals surface area contributed by atoms with Crippen LogP contribution < -0.4 is 0 Å². The quantitative estimate of drug-likeness (QED) is 0.325. The second-order valence-electron chi connectivity index (χ2n) is 3.12. The summed E-state index contributed by atoms with van der Waals surface area (Å²) in [5.74, 6) is 0. The average Bonchev–Trinajstić information content (AvgIpc) is 2.80. The average molecular weight is 154 g/mol. The van der Waals surface area contributed by atoms with E-state index in [2.05, 4.69) is 19.1 Å². The molecule has 0 saturated carbocycles. The first-order chi connectivity index (χ1) is 5.43. The molecule has 1 aliphatic heterocycles. The van der Waals surface area contributed by atoms with Gasteiger partial charge in [0.25, 0.3) is 0 Å². The maximum Gasteiger partial charge on any atom is 0.0810 e. The Hall–Kier alpha value is -0.300. The first-order valence-corrected chi connectivity index (χ1v) is 4.70. The van der Waals surface area contributed by atoms with Crippen molar-refractivity contribution in [2.45, 2.75) is 45.1 Å². The van der Waals surface area contributed by atoms with Crippen LogP contribution in [0.2, 0.25) is 0 Å². The van der Waals surface area contributed by atoms with E-state index in [1.165, 1.54) is 32.1 Å². The lowest BCUT2D eigenvalue weighted by Gasteiger charge is -1.93. The predicted octanol–water partition coefficient (Wildman–Crippen LogP) is 2.91. The summed E-state index contributed by atoms with van der Waals surface area (Å²) in [6.07, 6.45) is 11.5. The van der Waals surface area contributed by atoms with Crippen molar-refractivity contribution in [3.8, 4) is 0 Å². The van der Waals surface area contributed by atoms with Gasteiger partial charge in [-0.05, 0) is 25.7 Å². The van der Waals surface area contributed by atoms with Crippen LogP contribution in [0.3, 0.4) is 0 Å². The Kier molecular flexibility index (Phi) is 4.29. The highest BCUT2D eigenvalue weighted by molar-refractivity contribution is 4.80. The fourth-order valence-corrected chi connectivity index (χ4v) is 1.15. The third kappa shape index (κ3) is 5.02. The Bertz CT molecular complexity index is 114. The summed E-state index contributed by atoms with van der Waals surface area (Å²) in [7, 11) is 0. The van der Waals surface area contributed by atoms with Crippen molar-refractivity contribution in [2.24, 2.45) is 0 Å². The zero-order chi connectivity index (χ0) is 7.94. The van der Waals surface area contributed by atoms with E-state index in [0.29, 0.717) is 6.10 Å². The molecule has 1 heterocycles. The Balaban J connectivity index is 1.76. The van der Waals surface area contributed by atoms with Crippen molar-refractivity contribution >= 4 is 0 Å². The highest BCUT2D eigenvalue weighted by Crippen LogP contribution is 2.17. The largest absolute Gasteiger partial charge is 0.373 e. The van der Waals surface area contributed by atoms with E-state index in [9.17, 15) is 0 Å². The van der Waals surface area contributed by atoms with Crippen LogP contribution in [0, 0.1) is 0 Å². The van der Waals surface area contributed by atoms with Crippen LogP contribution >= 0.6 is 0 Å². The summed E-state index contributed by atoms with van der Waals surface area (Å²) < 4.78 is 5.12. The van der Waals surface area contributed by atoms with Crippen LogP contribution in [0.4, 0.5) is 0 Å². The van der Waals surface area contributed by atoms with Gasteiger partial charge in [-0.3, -0.25) is 0 Å². The summed E-state index contributed by atoms with van der Waals surface area (Å²) in [4.78, 5) is 0. The van der Waals surface area contributed by atoms with Gasteiger partial charge in [-0.2, -0.15) is 0 Å². The topological polar surface area (TPSA) is 12.5 Å². The summed E-state index contributed by atoms with van der Waals surface area (Å²) in [6.45, 7) is 3.19. The summed E-state index contributed by atoms with van der Waals surface area (Å²) in [5.41, 5.74) is 0. The Morgan fingerprint density at radius 3 is 2.82 bits per heavy atom. The first-order valence-electron chi connectivity index (χ1n) is 4.70. The minimum Gasteiger partial charge on any atom is -0.373 e. The molecule has 64 valence electrons. The smallest absolute Gasteiger partial charge is 0.0810 e. The Labute approximate surface area is 69.4 Å². The van der Waals surface area contributed by atoms with Crippen molar-refractivity contribution in [3.63, 3.8) is 0 Å². The van der Waals surface area contributed by atoms with Crippen molar-refractivity contribution in [3.05, 3.63) is 12.2 Å². The molecule has 0 radical (unpaired) electrons. The van der Waals surface area contributed by atoms with Gasteiger partial charge in [0.05, 0.1) is 12.7 Å². The molecule has 1 rings (SSSR count). The number of rotatable bonds is 6. The third-order valence-corrected chi connectivity index (χ3v) is 1.95. The summed E-state index contributed by atoms with van der Waals surface area (Å²) in [5, 5.41) is 0. The third-order valence-electron chi connectivity index (χ3n) is 1.95. The number of ether oxygens (including phenoxy) is 1. The van der Waals surface area contributed by atoms with Gasteiger partial charge in [-0.1, -0.05) is 25.5 Å². The molecule has 0 unspecified atom stereocenters. The van der Waals surface area contributed by atoms with Crippen molar-refractivity contribution in [2.75, 3.05) is 6.61 Å². The van der Waals surface area contributed by atoms with Crippen LogP contribution in [-0.4, -0.2) is 12.7 Å². The van der Waals surface area contributed by atoms with Gasteiger partial charge in [0, 0.05) is 0 Å². The number of allylic oxidation sites excluding steroid dienone is 2. The maximum absolute atomic E-state index is 5.12. The molecular formula is C10H18O. The number of hydrogen-bond acceptors (Lipinski definition) is 1. The normalized spacial score (nSPS) is 22.8. The fraction of sp³-hybridized carbons (Fsp3) is 0.800. The highest BCUT2D eigenvalue weighted by atomic mass is 16.6. The zero-order valence-electron chi connectivity index (χ0n) is 7.38. The molecule has 1 aliphatic rings. The molecule has 1 saturated heterocycles. The molecular weight excluding hydrogens is 136 g/mol. The van der Waals surface area contributed by atoms with Crippen LogP contribution in [-0.2, 0) is 4.74 Å². The van der Waals surface area contributed by atoms with E-state index in [4.69, 9.17) is 4.74 Å². The van der Waals surface area contributed by atoms with E-state index < -0.39 is 0 Å². The van der Waals surface area contributed by atoms with Crippen LogP contribution in [0.1, 0.15) is 39.0 Å². The lowest BCUT2D eigenvalue weighted by Crippen LogP contribution is -1.83. The molecule has 1 atom stereocenters. The van der Waals surface area contributed by atoms with Crippen molar-refractivity contribution in [1.29, 1.82) is 0 Å². The molecule has 1 nitrogen and oxygen atoms in total. The molecule has 0 aromatic rings. The van der Waals surface area contributed by atoms with Gasteiger partial charge >= 0.3 is 0 Å². The summed E-state index contributed by atoms with van der Waals surface area (Å²) in [6, 6.07) is 0. The molecule has 0 aromatic heterocycles. The van der Waals surface area contributed by atoms with Gasteiger partial charge in [-0.25, -0.2) is 0 Å². The summed E-state index contributed by atoms with van der Waals surface area (Å²) >= 11 is 0. The monoisotopic (exact) mass is 154 g/mol. The van der Waals surface area contributed by atoms with Gasteiger partial charge in [-0.15, -0.1) is 0 Å². The van der Waals surface area contributed by atoms with Gasteiger partial charge in [0.1, 0.15) is 0 Å². The molecule has 11 heavy (non-hydrogen) atoms. The minimum absolute atomic E-state index is 0.630. The van der Waals surface area contributed by atoms with Crippen LogP contribution in [0.15, 0.2) is 12.2 Å². The number of hydrogen-bond donors (Lipinski definition) is 0. The first kappa shape index (κ1) is 8.79. The second kappa shape index (κ2) is 5.36. The SMILES string of the molecule is CC/C=C\CCCC[C@@H]1CO1. The van der Waals surface area contributed by atoms with Gasteiger partial charge in [0.2, 0.25) is 0 Å². The molecule has 0 bridgehead atoms. The van der Waals surface area contributed by atoms with Crippen LogP contribution in [0.5, 0.6) is 0 Å². The lowest BCUT2D eigenvalue weighted by atomic mass is 10.1. The molecule has 0 spiro atoms. The second-order valence-corrected chi connectivity index (χ2v) is 3.12. The van der Waals surface area contributed by atoms with Crippen molar-refractivity contribution in [1.82, 2.24) is 0 Å². The number of unbranched alkanes of at least 4 members (excludes halogenated alkanes) is 2. The molecule has 0 aliphatic carbocycles. The van der Waals surface area contributed by atoms with Gasteiger partial charge < -0.3 is 4.74 Å². The van der Waals surface area contributed by atoms with E-state index in [1.807, 2.05) is 0 Å². The van der Waals surface area contributed by atoms with E-state index >= 15 is 0 Å². The Morgan fingerprint density at radius 1 is 1.36 bits per heavy atom. The Morgan fingerprint density at radius 2 is 2.18 bits per heavy atom. The van der Waals surface area contributed by atoms with Gasteiger partial charge in [0.15, 0.2) is 0 Å². The van der Waals surface area contributed by atoms with Crippen LogP contribution in [0.25, 0.3) is 0 Å². The standard InChI is InChI=1S/C10H18O/c1-2-3-4-5-6-7-8-10-9-11-10/h3-4,10H,2,5-9H2,1H3/b4-3-/t10-/m1/s1. The van der Waals surface area contributed by atoms with E-state index in [1.54, 1.807) is 0 Å². The molecule has 0 N–H and O–H groups in total. The molecule has 0 amide bonds. The molecule has 1 fully saturated rings. The van der Waals surface area contributed by atoms with E-state index in [0.717, 1.165) is 6.61 Å². The minimum atomic E-state index is 0.630. The lowest BCUT2D eigenvalue weighted by molar-refractivity contribution is 0.390. The predicted molar refractivity (Wildman–Crippen MR) is 47.6 cm³/mol. The zero-order valence-corrected chi connectivity index (χ0v) is 7.38. The molecule has 1 heteroatoms. The van der Waals surface area contributed by atoms with E-state index in [-0.39, 0.29) is 0 Å². The van der Waals surface area contributed by atoms with Crippen molar-refractivity contribution < 1.29 is 4.74 Å². The highest BCUT2D eigenvalue weighted by Gasteiger charge is 2.20. The number of epoxide rings is 1. The maximum atomic E-state index is 5.12. The fourth-order valence-electron chi connectivity index (χ4n) is 1.15.